The number of halogens is 4. The van der Waals surface area contributed by atoms with Gasteiger partial charge in [-0.1, -0.05) is 37.5 Å². The van der Waals surface area contributed by atoms with Gasteiger partial charge >= 0.3 is 6.18 Å². The van der Waals surface area contributed by atoms with Crippen molar-refractivity contribution >= 4 is 29.2 Å². The highest BCUT2D eigenvalue weighted by Gasteiger charge is 2.39. The SMILES string of the molecule is CC(C)(C)c1cc(NC(=O)[C@@H]2C[C@@H](O)CN2c2ncc(C(F)(F)F)cc2Cl)on1. The Morgan fingerprint density at radius 1 is 1.34 bits per heavy atom. The number of nitrogens with zero attached hydrogens (tertiary/aromatic N) is 3. The molecule has 11 heteroatoms. The first-order chi connectivity index (χ1) is 13.4. The highest BCUT2D eigenvalue weighted by Crippen LogP contribution is 2.36. The monoisotopic (exact) mass is 432 g/mol. The average molecular weight is 433 g/mol. The highest BCUT2D eigenvalue weighted by atomic mass is 35.5. The van der Waals surface area contributed by atoms with Crippen molar-refractivity contribution in [3.8, 4) is 0 Å². The summed E-state index contributed by atoms with van der Waals surface area (Å²) >= 11 is 6.00. The molecule has 0 aliphatic carbocycles. The summed E-state index contributed by atoms with van der Waals surface area (Å²) in [5, 5.41) is 16.3. The van der Waals surface area contributed by atoms with Crippen LogP contribution in [-0.4, -0.2) is 39.8 Å². The Hall–Kier alpha value is -2.33. The third kappa shape index (κ3) is 4.64. The van der Waals surface area contributed by atoms with Crippen LogP contribution < -0.4 is 10.2 Å². The number of aromatic nitrogens is 2. The minimum atomic E-state index is -4.59. The van der Waals surface area contributed by atoms with Crippen LogP contribution in [0, 0.1) is 0 Å². The standard InChI is InChI=1S/C18H20ClF3N4O3/c1-17(2,3)13-6-14(29-25-13)24-16(28)12-5-10(27)8-26(12)15-11(19)4-9(7-23-15)18(20,21)22/h4,6-7,10,12,27H,5,8H2,1-3H3,(H,24,28)/t10-,12+/m1/s1. The molecule has 2 N–H and O–H groups in total. The van der Waals surface area contributed by atoms with Crippen LogP contribution in [0.2, 0.25) is 5.02 Å². The number of pyridine rings is 1. The van der Waals surface area contributed by atoms with E-state index in [2.05, 4.69) is 15.5 Å². The van der Waals surface area contributed by atoms with Gasteiger partial charge in [-0.15, -0.1) is 0 Å². The van der Waals surface area contributed by atoms with Crippen molar-refractivity contribution < 1.29 is 27.6 Å². The molecular formula is C18H20ClF3N4O3. The van der Waals surface area contributed by atoms with Gasteiger partial charge in [0.15, 0.2) is 0 Å². The van der Waals surface area contributed by atoms with E-state index in [9.17, 15) is 23.1 Å². The van der Waals surface area contributed by atoms with Gasteiger partial charge in [-0.3, -0.25) is 10.1 Å². The van der Waals surface area contributed by atoms with Crippen LogP contribution in [-0.2, 0) is 16.4 Å². The topological polar surface area (TPSA) is 91.5 Å². The largest absolute Gasteiger partial charge is 0.417 e. The van der Waals surface area contributed by atoms with E-state index in [1.54, 1.807) is 6.07 Å². The number of amides is 1. The molecule has 1 amide bonds. The molecule has 0 bridgehead atoms. The van der Waals surface area contributed by atoms with Crippen molar-refractivity contribution in [3.05, 3.63) is 34.6 Å². The number of carbonyl (C=O) groups is 1. The fourth-order valence-electron chi connectivity index (χ4n) is 2.99. The Morgan fingerprint density at radius 2 is 2.03 bits per heavy atom. The summed E-state index contributed by atoms with van der Waals surface area (Å²) in [4.78, 5) is 17.9. The summed E-state index contributed by atoms with van der Waals surface area (Å²) in [5.74, 6) is -0.395. The summed E-state index contributed by atoms with van der Waals surface area (Å²) in [5.41, 5.74) is -0.633. The molecule has 2 aromatic heterocycles. The van der Waals surface area contributed by atoms with E-state index in [1.807, 2.05) is 20.8 Å². The lowest BCUT2D eigenvalue weighted by molar-refractivity contribution is -0.137. The van der Waals surface area contributed by atoms with Crippen molar-refractivity contribution in [2.24, 2.45) is 0 Å². The summed E-state index contributed by atoms with van der Waals surface area (Å²) < 4.78 is 43.7. The van der Waals surface area contributed by atoms with Crippen molar-refractivity contribution in [2.75, 3.05) is 16.8 Å². The third-order valence-corrected chi connectivity index (χ3v) is 4.81. The molecule has 0 unspecified atom stereocenters. The first-order valence-corrected chi connectivity index (χ1v) is 9.19. The molecular weight excluding hydrogens is 413 g/mol. The molecule has 2 aromatic rings. The molecule has 158 valence electrons. The summed E-state index contributed by atoms with van der Waals surface area (Å²) in [7, 11) is 0. The van der Waals surface area contributed by atoms with Gasteiger partial charge in [0.2, 0.25) is 11.8 Å². The van der Waals surface area contributed by atoms with Gasteiger partial charge in [-0.05, 0) is 6.07 Å². The number of carbonyl (C=O) groups excluding carboxylic acids is 1. The molecule has 0 aromatic carbocycles. The van der Waals surface area contributed by atoms with Crippen LogP contribution in [0.15, 0.2) is 22.9 Å². The second kappa shape index (κ2) is 7.49. The fourth-order valence-corrected chi connectivity index (χ4v) is 3.26. The molecule has 1 fully saturated rings. The van der Waals surface area contributed by atoms with Crippen LogP contribution in [0.25, 0.3) is 0 Å². The predicted octanol–water partition coefficient (Wildman–Crippen LogP) is 3.62. The number of nitrogens with one attached hydrogen (secondary N) is 1. The number of hydrogen-bond acceptors (Lipinski definition) is 6. The minimum Gasteiger partial charge on any atom is -0.391 e. The van der Waals surface area contributed by atoms with Crippen molar-refractivity contribution in [1.82, 2.24) is 10.1 Å². The summed E-state index contributed by atoms with van der Waals surface area (Å²) in [6.45, 7) is 5.80. The van der Waals surface area contributed by atoms with E-state index in [0.717, 1.165) is 6.07 Å². The second-order valence-corrected chi connectivity index (χ2v) is 8.31. The van der Waals surface area contributed by atoms with Crippen LogP contribution in [0.5, 0.6) is 0 Å². The normalized spacial score (nSPS) is 20.2. The Kier molecular flexibility index (Phi) is 5.52. The lowest BCUT2D eigenvalue weighted by Gasteiger charge is -2.25. The molecule has 0 radical (unpaired) electrons. The Labute approximate surface area is 169 Å². The first kappa shape index (κ1) is 21.4. The quantitative estimate of drug-likeness (QED) is 0.769. The van der Waals surface area contributed by atoms with Gasteiger partial charge in [-0.2, -0.15) is 13.2 Å². The maximum absolute atomic E-state index is 12.8. The lowest BCUT2D eigenvalue weighted by Crippen LogP contribution is -2.40. The van der Waals surface area contributed by atoms with Gasteiger partial charge in [0.05, 0.1) is 22.4 Å². The Morgan fingerprint density at radius 3 is 2.59 bits per heavy atom. The Bertz CT molecular complexity index is 910. The van der Waals surface area contributed by atoms with E-state index in [4.69, 9.17) is 16.1 Å². The van der Waals surface area contributed by atoms with Crippen LogP contribution in [0.3, 0.4) is 0 Å². The molecule has 0 spiro atoms. The number of alkyl halides is 3. The number of aliphatic hydroxyl groups excluding tert-OH is 1. The van der Waals surface area contributed by atoms with Crippen LogP contribution in [0.4, 0.5) is 24.9 Å². The number of hydrogen-bond donors (Lipinski definition) is 2. The Balaban J connectivity index is 1.81. The smallest absolute Gasteiger partial charge is 0.391 e. The van der Waals surface area contributed by atoms with Crippen LogP contribution in [0.1, 0.15) is 38.4 Å². The third-order valence-electron chi connectivity index (χ3n) is 4.53. The summed E-state index contributed by atoms with van der Waals surface area (Å²) in [6.07, 6.45) is -4.75. The van der Waals surface area contributed by atoms with Crippen LogP contribution >= 0.6 is 11.6 Å². The minimum absolute atomic E-state index is 0.000181. The van der Waals surface area contributed by atoms with Gasteiger partial charge in [0.25, 0.3) is 0 Å². The van der Waals surface area contributed by atoms with E-state index >= 15 is 0 Å². The zero-order chi connectivity index (χ0) is 21.6. The van der Waals surface area contributed by atoms with Gasteiger partial charge in [-0.25, -0.2) is 4.98 Å². The molecule has 3 heterocycles. The highest BCUT2D eigenvalue weighted by molar-refractivity contribution is 6.33. The number of rotatable bonds is 3. The van der Waals surface area contributed by atoms with E-state index in [1.165, 1.54) is 4.90 Å². The average Bonchev–Trinajstić information content (AvgIpc) is 3.20. The number of anilines is 2. The molecule has 1 saturated heterocycles. The van der Waals surface area contributed by atoms with Gasteiger partial charge < -0.3 is 14.5 Å². The number of aliphatic hydroxyl groups is 1. The number of β-amino-alcohol motifs (C(OH)–C–C–N with tert-alkyl or cyclic N) is 1. The molecule has 1 aliphatic rings. The molecule has 29 heavy (non-hydrogen) atoms. The maximum Gasteiger partial charge on any atom is 0.417 e. The fraction of sp³-hybridized carbons (Fsp3) is 0.500. The lowest BCUT2D eigenvalue weighted by atomic mass is 9.92. The zero-order valence-corrected chi connectivity index (χ0v) is 16.7. The second-order valence-electron chi connectivity index (χ2n) is 7.90. The molecule has 2 atom stereocenters. The molecule has 7 nitrogen and oxygen atoms in total. The molecule has 3 rings (SSSR count). The van der Waals surface area contributed by atoms with Gasteiger partial charge in [0, 0.05) is 30.6 Å². The maximum atomic E-state index is 12.8. The van der Waals surface area contributed by atoms with E-state index < -0.39 is 29.8 Å². The summed E-state index contributed by atoms with van der Waals surface area (Å²) in [6, 6.07) is 1.45. The van der Waals surface area contributed by atoms with E-state index in [-0.39, 0.29) is 35.1 Å². The van der Waals surface area contributed by atoms with Gasteiger partial charge in [0.1, 0.15) is 11.9 Å². The van der Waals surface area contributed by atoms with E-state index in [0.29, 0.717) is 11.9 Å². The predicted molar refractivity (Wildman–Crippen MR) is 99.8 cm³/mol. The first-order valence-electron chi connectivity index (χ1n) is 8.82. The molecule has 1 aliphatic heterocycles. The molecule has 0 saturated carbocycles. The van der Waals surface area contributed by atoms with Crippen molar-refractivity contribution in [1.29, 1.82) is 0 Å². The van der Waals surface area contributed by atoms with Crippen molar-refractivity contribution in [3.63, 3.8) is 0 Å². The zero-order valence-electron chi connectivity index (χ0n) is 15.9. The van der Waals surface area contributed by atoms with Crippen molar-refractivity contribution in [2.45, 2.75) is 50.9 Å².